The Morgan fingerprint density at radius 2 is 1.78 bits per heavy atom. The summed E-state index contributed by atoms with van der Waals surface area (Å²) in [5.41, 5.74) is 3.07. The number of amides is 2. The molecule has 1 aromatic carbocycles. The molecule has 0 atom stereocenters. The second kappa shape index (κ2) is 11.7. The number of nitrogens with one attached hydrogen (secondary N) is 1. The van der Waals surface area contributed by atoms with Gasteiger partial charge in [0.25, 0.3) is 5.91 Å². The Kier molecular flexibility index (Phi) is 7.53. The van der Waals surface area contributed by atoms with Crippen molar-refractivity contribution in [2.24, 2.45) is 11.3 Å². The summed E-state index contributed by atoms with van der Waals surface area (Å²) in [5, 5.41) is 23.3. The fraction of sp³-hybridized carbons (Fsp3) is 0.500. The first kappa shape index (κ1) is 32.1. The molecule has 1 saturated heterocycles. The van der Waals surface area contributed by atoms with Crippen molar-refractivity contribution in [2.75, 3.05) is 45.3 Å². The van der Waals surface area contributed by atoms with Gasteiger partial charge in [-0.25, -0.2) is 4.98 Å². The number of carbonyl (C=O) groups excluding carboxylic acids is 2. The zero-order chi connectivity index (χ0) is 34.9. The number of benzene rings is 1. The van der Waals surface area contributed by atoms with Gasteiger partial charge in [-0.05, 0) is 74.5 Å². The van der Waals surface area contributed by atoms with Gasteiger partial charge in [-0.3, -0.25) is 14.4 Å². The van der Waals surface area contributed by atoms with E-state index in [4.69, 9.17) is 14.6 Å². The fourth-order valence-corrected chi connectivity index (χ4v) is 8.78. The van der Waals surface area contributed by atoms with Gasteiger partial charge < -0.3 is 34.3 Å². The lowest BCUT2D eigenvalue weighted by atomic mass is 9.37. The van der Waals surface area contributed by atoms with Gasteiger partial charge in [-0.2, -0.15) is 0 Å². The number of anilines is 1. The molecular formula is C36H42N8O6. The highest BCUT2D eigenvalue weighted by atomic mass is 16.5. The molecule has 5 fully saturated rings. The number of aromatic nitrogens is 5. The average molecular weight is 683 g/mol. The van der Waals surface area contributed by atoms with Crippen molar-refractivity contribution in [3.8, 4) is 23.1 Å². The number of phenolic OH excluding ortho intramolecular Hbond substituents is 1. The number of ether oxygens (including phenoxy) is 2. The van der Waals surface area contributed by atoms with Gasteiger partial charge in [0, 0.05) is 49.7 Å². The lowest BCUT2D eigenvalue weighted by molar-refractivity contribution is -0.176. The van der Waals surface area contributed by atoms with Crippen molar-refractivity contribution in [2.45, 2.75) is 64.5 Å². The van der Waals surface area contributed by atoms with Gasteiger partial charge in [0.15, 0.2) is 11.2 Å². The van der Waals surface area contributed by atoms with Crippen molar-refractivity contribution in [1.29, 1.82) is 0 Å². The number of phenols is 1. The Labute approximate surface area is 289 Å². The van der Waals surface area contributed by atoms with E-state index in [-0.39, 0.29) is 46.2 Å². The SMILES string of the molecule is CCc1c(N2CCN(C(=O)c3c(O)ccc(C)c3OC)CC2)c(=O)c2nn(-c3ccnc(OC)c3)nc2n1CC(=O)NC12CC(C3CC3)(C1)C2. The van der Waals surface area contributed by atoms with Crippen LogP contribution < -0.4 is 25.1 Å². The average Bonchev–Trinajstić information content (AvgIpc) is 3.83. The summed E-state index contributed by atoms with van der Waals surface area (Å²) in [6.45, 7) is 5.13. The molecule has 4 heterocycles. The minimum atomic E-state index is -0.337. The molecule has 9 rings (SSSR count). The van der Waals surface area contributed by atoms with E-state index in [9.17, 15) is 19.5 Å². The number of carbonyl (C=O) groups is 2. The summed E-state index contributed by atoms with van der Waals surface area (Å²) in [5.74, 6) is 0.958. The molecule has 50 heavy (non-hydrogen) atoms. The Hall–Kier alpha value is -5.14. The van der Waals surface area contributed by atoms with Crippen LogP contribution in [0.2, 0.25) is 0 Å². The quantitative estimate of drug-likeness (QED) is 0.255. The van der Waals surface area contributed by atoms with Gasteiger partial charge in [-0.1, -0.05) is 13.0 Å². The van der Waals surface area contributed by atoms with Gasteiger partial charge in [0.05, 0.1) is 19.9 Å². The molecule has 14 nitrogen and oxygen atoms in total. The number of rotatable bonds is 10. The Bertz CT molecular complexity index is 2070. The zero-order valence-corrected chi connectivity index (χ0v) is 28.9. The number of hydrogen-bond acceptors (Lipinski definition) is 10. The van der Waals surface area contributed by atoms with Crippen LogP contribution in [0.1, 0.15) is 60.6 Å². The fourth-order valence-electron chi connectivity index (χ4n) is 8.78. The van der Waals surface area contributed by atoms with Crippen LogP contribution in [0.3, 0.4) is 0 Å². The topological polar surface area (TPSA) is 157 Å². The van der Waals surface area contributed by atoms with Crippen LogP contribution in [-0.2, 0) is 17.8 Å². The number of hydrogen-bond donors (Lipinski definition) is 2. The standard InChI is InChI=1S/C36H42N8O6/c1-5-24-30(41-12-14-42(15-13-41)34(48)28-25(45)9-6-21(2)32(28)50-4)31(47)29-33(40-44(39-29)23-10-11-37-27(16-23)49-3)43(24)17-26(46)38-36-18-35(19-36,20-36)22-7-8-22/h6,9-11,16,22,45H,5,7-8,12-15,17-20H2,1-4H3,(H,38,46). The summed E-state index contributed by atoms with van der Waals surface area (Å²) < 4.78 is 12.6. The predicted molar refractivity (Wildman–Crippen MR) is 184 cm³/mol. The molecule has 14 heteroatoms. The van der Waals surface area contributed by atoms with Gasteiger partial charge in [-0.15, -0.1) is 15.0 Å². The predicted octanol–water partition coefficient (Wildman–Crippen LogP) is 2.98. The molecule has 0 unspecified atom stereocenters. The number of methoxy groups -OCH3 is 2. The summed E-state index contributed by atoms with van der Waals surface area (Å²) in [6.07, 6.45) is 7.83. The van der Waals surface area contributed by atoms with Crippen LogP contribution in [-0.4, -0.2) is 92.3 Å². The number of piperazine rings is 1. The highest BCUT2D eigenvalue weighted by Gasteiger charge is 2.72. The molecule has 4 saturated carbocycles. The largest absolute Gasteiger partial charge is 0.507 e. The first-order valence-electron chi connectivity index (χ1n) is 17.3. The van der Waals surface area contributed by atoms with Crippen LogP contribution in [0.15, 0.2) is 35.3 Å². The summed E-state index contributed by atoms with van der Waals surface area (Å²) in [7, 11) is 3.00. The third kappa shape index (κ3) is 5.06. The van der Waals surface area contributed by atoms with Gasteiger partial charge in [0.2, 0.25) is 17.2 Å². The molecule has 2 N–H and O–H groups in total. The lowest BCUT2D eigenvalue weighted by Crippen LogP contribution is -2.75. The van der Waals surface area contributed by atoms with E-state index in [1.807, 2.05) is 23.3 Å². The Morgan fingerprint density at radius 3 is 2.44 bits per heavy atom. The molecule has 2 amide bonds. The zero-order valence-electron chi connectivity index (χ0n) is 28.9. The number of aromatic hydroxyl groups is 1. The summed E-state index contributed by atoms with van der Waals surface area (Å²) in [4.78, 5) is 51.0. The van der Waals surface area contributed by atoms with E-state index < -0.39 is 0 Å². The van der Waals surface area contributed by atoms with E-state index in [0.29, 0.717) is 72.4 Å². The van der Waals surface area contributed by atoms with Crippen molar-refractivity contribution in [3.63, 3.8) is 0 Å². The van der Waals surface area contributed by atoms with Crippen LogP contribution >= 0.6 is 0 Å². The molecule has 4 aliphatic carbocycles. The van der Waals surface area contributed by atoms with Crippen LogP contribution in [0, 0.1) is 18.3 Å². The van der Waals surface area contributed by atoms with Crippen molar-refractivity contribution < 1.29 is 24.2 Å². The maximum Gasteiger partial charge on any atom is 0.261 e. The molecule has 0 spiro atoms. The first-order chi connectivity index (χ1) is 24.1. The van der Waals surface area contributed by atoms with Crippen molar-refractivity contribution in [3.05, 3.63) is 57.5 Å². The van der Waals surface area contributed by atoms with Gasteiger partial charge in [0.1, 0.15) is 29.3 Å². The highest BCUT2D eigenvalue weighted by Crippen LogP contribution is 2.75. The molecule has 262 valence electrons. The van der Waals surface area contributed by atoms with Crippen LogP contribution in [0.4, 0.5) is 5.69 Å². The molecule has 0 radical (unpaired) electrons. The van der Waals surface area contributed by atoms with E-state index >= 15 is 0 Å². The summed E-state index contributed by atoms with van der Waals surface area (Å²) in [6, 6.07) is 6.60. The van der Waals surface area contributed by atoms with E-state index in [1.165, 1.54) is 37.9 Å². The molecule has 2 bridgehead atoms. The Morgan fingerprint density at radius 1 is 1.04 bits per heavy atom. The maximum atomic E-state index is 14.4. The number of nitrogens with zero attached hydrogens (tertiary/aromatic N) is 7. The lowest BCUT2D eigenvalue weighted by Gasteiger charge is -2.71. The van der Waals surface area contributed by atoms with Gasteiger partial charge >= 0.3 is 0 Å². The number of pyridine rings is 2. The smallest absolute Gasteiger partial charge is 0.261 e. The van der Waals surface area contributed by atoms with Crippen molar-refractivity contribution in [1.82, 2.24) is 34.8 Å². The van der Waals surface area contributed by atoms with Crippen LogP contribution in [0.25, 0.3) is 16.9 Å². The second-order valence-corrected chi connectivity index (χ2v) is 14.4. The molecule has 1 aliphatic heterocycles. The van der Waals surface area contributed by atoms with Crippen molar-refractivity contribution >= 4 is 28.7 Å². The number of fused-ring (bicyclic) bond motifs is 1. The third-order valence-electron chi connectivity index (χ3n) is 11.2. The Balaban J connectivity index is 1.12. The minimum Gasteiger partial charge on any atom is -0.507 e. The van der Waals surface area contributed by atoms with Crippen LogP contribution in [0.5, 0.6) is 17.4 Å². The summed E-state index contributed by atoms with van der Waals surface area (Å²) >= 11 is 0. The third-order valence-corrected chi connectivity index (χ3v) is 11.2. The number of aryl methyl sites for hydroxylation is 1. The molecular weight excluding hydrogens is 640 g/mol. The van der Waals surface area contributed by atoms with E-state index in [2.05, 4.69) is 15.4 Å². The monoisotopic (exact) mass is 682 g/mol. The highest BCUT2D eigenvalue weighted by molar-refractivity contribution is 6.00. The molecule has 3 aromatic heterocycles. The van der Waals surface area contributed by atoms with E-state index in [1.54, 1.807) is 29.3 Å². The maximum absolute atomic E-state index is 14.4. The first-order valence-corrected chi connectivity index (χ1v) is 17.3. The molecule has 5 aliphatic rings. The second-order valence-electron chi connectivity index (χ2n) is 14.4. The van der Waals surface area contributed by atoms with E-state index in [0.717, 1.165) is 30.7 Å². The minimum absolute atomic E-state index is 0.00558. The normalized spacial score (nSPS) is 22.6. The molecule has 4 aromatic rings.